The fourth-order valence-corrected chi connectivity index (χ4v) is 2.68. The van der Waals surface area contributed by atoms with E-state index in [2.05, 4.69) is 37.9 Å². The summed E-state index contributed by atoms with van der Waals surface area (Å²) in [5.74, 6) is 1.96. The lowest BCUT2D eigenvalue weighted by atomic mass is 10.1. The quantitative estimate of drug-likeness (QED) is 0.649. The Morgan fingerprint density at radius 1 is 1.12 bits per heavy atom. The predicted molar refractivity (Wildman–Crippen MR) is 104 cm³/mol. The van der Waals surface area contributed by atoms with Crippen molar-refractivity contribution in [1.82, 2.24) is 15.2 Å². The van der Waals surface area contributed by atoms with Crippen LogP contribution in [0.3, 0.4) is 0 Å². The van der Waals surface area contributed by atoms with E-state index in [4.69, 9.17) is 16.3 Å². The van der Waals surface area contributed by atoms with Crippen LogP contribution in [0.4, 0.5) is 17.5 Å². The Bertz CT molecular complexity index is 870. The molecular formula is C19H20ClN5O. The van der Waals surface area contributed by atoms with Gasteiger partial charge in [0.15, 0.2) is 5.82 Å². The average molecular weight is 370 g/mol. The normalized spacial score (nSPS) is 10.4. The van der Waals surface area contributed by atoms with Gasteiger partial charge >= 0.3 is 0 Å². The Labute approximate surface area is 157 Å². The van der Waals surface area contributed by atoms with Crippen LogP contribution in [0.5, 0.6) is 5.75 Å². The van der Waals surface area contributed by atoms with Crippen molar-refractivity contribution in [2.75, 3.05) is 24.3 Å². The largest absolute Gasteiger partial charge is 0.497 e. The topological polar surface area (TPSA) is 72.0 Å². The van der Waals surface area contributed by atoms with Crippen LogP contribution in [-0.2, 0) is 6.42 Å². The number of benzene rings is 2. The minimum Gasteiger partial charge on any atom is -0.497 e. The summed E-state index contributed by atoms with van der Waals surface area (Å²) in [6.45, 7) is 2.71. The number of aryl methyl sites for hydroxylation is 1. The molecule has 0 bridgehead atoms. The van der Waals surface area contributed by atoms with Crippen LogP contribution < -0.4 is 15.4 Å². The molecule has 0 fully saturated rings. The van der Waals surface area contributed by atoms with Gasteiger partial charge in [-0.3, -0.25) is 0 Å². The number of hydrogen-bond acceptors (Lipinski definition) is 6. The fraction of sp³-hybridized carbons (Fsp3) is 0.211. The van der Waals surface area contributed by atoms with Gasteiger partial charge in [-0.25, -0.2) is 0 Å². The van der Waals surface area contributed by atoms with Crippen LogP contribution in [0.25, 0.3) is 0 Å². The molecule has 0 spiro atoms. The van der Waals surface area contributed by atoms with Crippen LogP contribution in [0.1, 0.15) is 11.1 Å². The van der Waals surface area contributed by atoms with Gasteiger partial charge in [-0.2, -0.15) is 10.1 Å². The molecule has 7 heteroatoms. The molecule has 6 nitrogen and oxygen atoms in total. The van der Waals surface area contributed by atoms with Crippen molar-refractivity contribution in [3.8, 4) is 5.75 Å². The molecule has 0 saturated heterocycles. The van der Waals surface area contributed by atoms with Crippen LogP contribution in [-0.4, -0.2) is 28.8 Å². The Balaban J connectivity index is 1.58. The van der Waals surface area contributed by atoms with Crippen molar-refractivity contribution < 1.29 is 4.74 Å². The van der Waals surface area contributed by atoms with Gasteiger partial charge in [0.25, 0.3) is 0 Å². The van der Waals surface area contributed by atoms with Crippen molar-refractivity contribution in [3.05, 3.63) is 64.8 Å². The third-order valence-electron chi connectivity index (χ3n) is 3.87. The van der Waals surface area contributed by atoms with E-state index < -0.39 is 0 Å². The summed E-state index contributed by atoms with van der Waals surface area (Å²) >= 11 is 5.98. The summed E-state index contributed by atoms with van der Waals surface area (Å²) in [4.78, 5) is 4.44. The van der Waals surface area contributed by atoms with E-state index in [1.165, 1.54) is 5.56 Å². The number of methoxy groups -OCH3 is 1. The molecule has 0 unspecified atom stereocenters. The first-order chi connectivity index (χ1) is 12.6. The summed E-state index contributed by atoms with van der Waals surface area (Å²) in [7, 11) is 1.66. The van der Waals surface area contributed by atoms with Gasteiger partial charge in [-0.1, -0.05) is 23.7 Å². The third kappa shape index (κ3) is 4.83. The van der Waals surface area contributed by atoms with Gasteiger partial charge < -0.3 is 15.4 Å². The van der Waals surface area contributed by atoms with Gasteiger partial charge in [-0.05, 0) is 54.8 Å². The predicted octanol–water partition coefficient (Wildman–Crippen LogP) is 4.24. The number of hydrogen-bond donors (Lipinski definition) is 2. The number of anilines is 3. The molecule has 134 valence electrons. The maximum atomic E-state index is 5.98. The summed E-state index contributed by atoms with van der Waals surface area (Å²) < 4.78 is 5.16. The van der Waals surface area contributed by atoms with Crippen molar-refractivity contribution in [2.24, 2.45) is 0 Å². The number of rotatable bonds is 7. The van der Waals surface area contributed by atoms with E-state index in [1.54, 1.807) is 13.3 Å². The van der Waals surface area contributed by atoms with Gasteiger partial charge in [-0.15, -0.1) is 5.10 Å². The third-order valence-corrected chi connectivity index (χ3v) is 4.11. The number of nitrogens with one attached hydrogen (secondary N) is 2. The van der Waals surface area contributed by atoms with E-state index >= 15 is 0 Å². The van der Waals surface area contributed by atoms with Gasteiger partial charge in [0.05, 0.1) is 13.3 Å². The van der Waals surface area contributed by atoms with Crippen molar-refractivity contribution >= 4 is 29.1 Å². The molecule has 0 amide bonds. The molecule has 1 aromatic heterocycles. The second kappa shape index (κ2) is 8.49. The summed E-state index contributed by atoms with van der Waals surface area (Å²) in [6.07, 6.45) is 2.47. The number of aromatic nitrogens is 3. The van der Waals surface area contributed by atoms with Crippen LogP contribution in [0.2, 0.25) is 5.02 Å². The lowest BCUT2D eigenvalue weighted by Crippen LogP contribution is -2.09. The van der Waals surface area contributed by atoms with E-state index in [9.17, 15) is 0 Å². The minimum atomic E-state index is 0.435. The Hall–Kier alpha value is -2.86. The molecule has 26 heavy (non-hydrogen) atoms. The first kappa shape index (κ1) is 17.9. The monoisotopic (exact) mass is 369 g/mol. The first-order valence-electron chi connectivity index (χ1n) is 8.24. The second-order valence-corrected chi connectivity index (χ2v) is 6.21. The maximum absolute atomic E-state index is 5.98. The lowest BCUT2D eigenvalue weighted by Gasteiger charge is -2.10. The Morgan fingerprint density at radius 3 is 2.65 bits per heavy atom. The molecule has 3 rings (SSSR count). The van der Waals surface area contributed by atoms with Gasteiger partial charge in [0.1, 0.15) is 5.75 Å². The summed E-state index contributed by atoms with van der Waals surface area (Å²) in [5, 5.41) is 15.1. The number of halogens is 1. The number of nitrogens with zero attached hydrogens (tertiary/aromatic N) is 3. The average Bonchev–Trinajstić information content (AvgIpc) is 2.65. The van der Waals surface area contributed by atoms with E-state index in [1.807, 2.05) is 37.3 Å². The van der Waals surface area contributed by atoms with E-state index in [0.29, 0.717) is 16.8 Å². The van der Waals surface area contributed by atoms with Crippen molar-refractivity contribution in [3.63, 3.8) is 0 Å². The van der Waals surface area contributed by atoms with E-state index in [0.717, 1.165) is 30.0 Å². The van der Waals surface area contributed by atoms with Gasteiger partial charge in [0.2, 0.25) is 5.95 Å². The fourth-order valence-electron chi connectivity index (χ4n) is 2.46. The van der Waals surface area contributed by atoms with Gasteiger partial charge in [0, 0.05) is 17.3 Å². The zero-order valence-electron chi connectivity index (χ0n) is 14.7. The molecule has 0 aliphatic rings. The molecule has 0 radical (unpaired) electrons. The smallest absolute Gasteiger partial charge is 0.249 e. The molecule has 0 saturated carbocycles. The highest BCUT2D eigenvalue weighted by molar-refractivity contribution is 6.30. The highest BCUT2D eigenvalue weighted by atomic mass is 35.5. The lowest BCUT2D eigenvalue weighted by molar-refractivity contribution is 0.414. The molecule has 0 atom stereocenters. The van der Waals surface area contributed by atoms with Crippen LogP contribution in [0.15, 0.2) is 48.7 Å². The molecule has 1 heterocycles. The molecule has 2 aromatic carbocycles. The zero-order chi connectivity index (χ0) is 18.4. The van der Waals surface area contributed by atoms with Crippen LogP contribution in [0, 0.1) is 6.92 Å². The van der Waals surface area contributed by atoms with Crippen molar-refractivity contribution in [1.29, 1.82) is 0 Å². The minimum absolute atomic E-state index is 0.435. The molecular weight excluding hydrogens is 350 g/mol. The van der Waals surface area contributed by atoms with Crippen LogP contribution >= 0.6 is 11.6 Å². The molecule has 0 aliphatic heterocycles. The standard InChI is InChI=1S/C19H20ClN5O/c1-13-11-15(20)5-8-17(13)23-19-24-18(12-22-25-19)21-10-9-14-3-6-16(26-2)7-4-14/h3-8,11-12H,9-10H2,1-2H3,(H2,21,23,24,25). The first-order valence-corrected chi connectivity index (χ1v) is 8.61. The highest BCUT2D eigenvalue weighted by Gasteiger charge is 2.04. The zero-order valence-corrected chi connectivity index (χ0v) is 15.4. The van der Waals surface area contributed by atoms with E-state index in [-0.39, 0.29) is 0 Å². The second-order valence-electron chi connectivity index (χ2n) is 5.77. The molecule has 0 aliphatic carbocycles. The molecule has 2 N–H and O–H groups in total. The highest BCUT2D eigenvalue weighted by Crippen LogP contribution is 2.22. The Morgan fingerprint density at radius 2 is 1.92 bits per heavy atom. The molecule has 3 aromatic rings. The Kier molecular flexibility index (Phi) is 5.86. The van der Waals surface area contributed by atoms with Crippen molar-refractivity contribution in [2.45, 2.75) is 13.3 Å². The summed E-state index contributed by atoms with van der Waals surface area (Å²) in [5.41, 5.74) is 3.13. The maximum Gasteiger partial charge on any atom is 0.249 e. The summed E-state index contributed by atoms with van der Waals surface area (Å²) in [6, 6.07) is 13.6. The SMILES string of the molecule is COc1ccc(CCNc2cnnc(Nc3ccc(Cl)cc3C)n2)cc1. The number of ether oxygens (including phenoxy) is 1.